The van der Waals surface area contributed by atoms with E-state index in [0.717, 1.165) is 12.1 Å². The molecule has 0 aliphatic rings. The van der Waals surface area contributed by atoms with Crippen LogP contribution in [0.15, 0.2) is 28.9 Å². The van der Waals surface area contributed by atoms with Crippen molar-refractivity contribution in [1.29, 1.82) is 5.26 Å². The zero-order valence-electron chi connectivity index (χ0n) is 10.1. The SMILES string of the molecule is N#CC(=CNc1ccc(C(F)(F)F)cc1Br)c1nn[nH]n1. The first-order chi connectivity index (χ1) is 9.91. The van der Waals surface area contributed by atoms with Crippen molar-refractivity contribution in [3.63, 3.8) is 0 Å². The molecule has 108 valence electrons. The Kier molecular flexibility index (Phi) is 4.23. The van der Waals surface area contributed by atoms with E-state index in [0.29, 0.717) is 5.69 Å². The molecule has 0 fully saturated rings. The molecule has 0 radical (unpaired) electrons. The molecule has 1 aromatic carbocycles. The molecule has 0 bridgehead atoms. The smallest absolute Gasteiger partial charge is 0.359 e. The summed E-state index contributed by atoms with van der Waals surface area (Å²) in [6, 6.07) is 4.97. The predicted molar refractivity (Wildman–Crippen MR) is 70.5 cm³/mol. The number of benzene rings is 1. The summed E-state index contributed by atoms with van der Waals surface area (Å²) in [5, 5.41) is 24.4. The maximum absolute atomic E-state index is 12.5. The lowest BCUT2D eigenvalue weighted by atomic mass is 10.2. The van der Waals surface area contributed by atoms with Gasteiger partial charge in [-0.1, -0.05) is 0 Å². The van der Waals surface area contributed by atoms with E-state index in [-0.39, 0.29) is 15.9 Å². The monoisotopic (exact) mass is 358 g/mol. The van der Waals surface area contributed by atoms with E-state index in [9.17, 15) is 13.2 Å². The summed E-state index contributed by atoms with van der Waals surface area (Å²) in [7, 11) is 0. The number of nitrogens with zero attached hydrogens (tertiary/aromatic N) is 4. The van der Waals surface area contributed by atoms with Crippen molar-refractivity contribution in [2.75, 3.05) is 5.32 Å². The topological polar surface area (TPSA) is 90.3 Å². The largest absolute Gasteiger partial charge is 0.416 e. The van der Waals surface area contributed by atoms with Crippen LogP contribution in [0.25, 0.3) is 5.57 Å². The van der Waals surface area contributed by atoms with Gasteiger partial charge in [0.15, 0.2) is 0 Å². The van der Waals surface area contributed by atoms with Gasteiger partial charge in [-0.3, -0.25) is 0 Å². The third-order valence-corrected chi connectivity index (χ3v) is 3.03. The Morgan fingerprint density at radius 3 is 2.71 bits per heavy atom. The van der Waals surface area contributed by atoms with E-state index in [1.807, 2.05) is 6.07 Å². The van der Waals surface area contributed by atoms with Gasteiger partial charge in [-0.15, -0.1) is 10.2 Å². The van der Waals surface area contributed by atoms with Gasteiger partial charge in [0, 0.05) is 10.7 Å². The lowest BCUT2D eigenvalue weighted by molar-refractivity contribution is -0.137. The number of nitrogens with one attached hydrogen (secondary N) is 2. The fourth-order valence-electron chi connectivity index (χ4n) is 1.38. The first-order valence-corrected chi connectivity index (χ1v) is 6.18. The van der Waals surface area contributed by atoms with Gasteiger partial charge in [0.2, 0.25) is 5.82 Å². The highest BCUT2D eigenvalue weighted by Crippen LogP contribution is 2.34. The molecule has 2 rings (SSSR count). The minimum Gasteiger partial charge on any atom is -0.359 e. The number of hydrogen-bond donors (Lipinski definition) is 2. The average Bonchev–Trinajstić information content (AvgIpc) is 2.94. The third kappa shape index (κ3) is 3.57. The number of halogens is 4. The second-order valence-corrected chi connectivity index (χ2v) is 4.60. The lowest BCUT2D eigenvalue weighted by Crippen LogP contribution is -2.05. The van der Waals surface area contributed by atoms with Crippen LogP contribution < -0.4 is 5.32 Å². The molecule has 0 spiro atoms. The summed E-state index contributed by atoms with van der Waals surface area (Å²) in [5.74, 6) is 0.0769. The third-order valence-electron chi connectivity index (χ3n) is 2.38. The molecule has 1 heterocycles. The van der Waals surface area contributed by atoms with Crippen molar-refractivity contribution in [1.82, 2.24) is 20.6 Å². The summed E-state index contributed by atoms with van der Waals surface area (Å²) < 4.78 is 37.8. The predicted octanol–water partition coefficient (Wildman–Crippen LogP) is 2.96. The van der Waals surface area contributed by atoms with Gasteiger partial charge >= 0.3 is 6.18 Å². The molecule has 0 atom stereocenters. The van der Waals surface area contributed by atoms with Crippen molar-refractivity contribution < 1.29 is 13.2 Å². The molecule has 21 heavy (non-hydrogen) atoms. The summed E-state index contributed by atoms with van der Waals surface area (Å²) >= 11 is 3.04. The van der Waals surface area contributed by atoms with Crippen molar-refractivity contribution in [2.24, 2.45) is 0 Å². The Morgan fingerprint density at radius 1 is 1.43 bits per heavy atom. The number of anilines is 1. The van der Waals surface area contributed by atoms with Crippen LogP contribution in [-0.4, -0.2) is 20.6 Å². The van der Waals surface area contributed by atoms with Crippen molar-refractivity contribution in [2.45, 2.75) is 6.18 Å². The average molecular weight is 359 g/mol. The second kappa shape index (κ2) is 5.92. The molecule has 10 heteroatoms. The van der Waals surface area contributed by atoms with Crippen LogP contribution in [0, 0.1) is 11.3 Å². The van der Waals surface area contributed by atoms with E-state index in [1.54, 1.807) is 0 Å². The second-order valence-electron chi connectivity index (χ2n) is 3.74. The molecule has 0 aliphatic heterocycles. The number of H-pyrrole nitrogens is 1. The molecule has 1 aromatic heterocycles. The molecule has 2 N–H and O–H groups in total. The zero-order valence-corrected chi connectivity index (χ0v) is 11.7. The van der Waals surface area contributed by atoms with Crippen LogP contribution in [0.3, 0.4) is 0 Å². The molecular weight excluding hydrogens is 353 g/mol. The van der Waals surface area contributed by atoms with Crippen LogP contribution in [-0.2, 0) is 6.18 Å². The number of hydrogen-bond acceptors (Lipinski definition) is 5. The number of aromatic nitrogens is 4. The van der Waals surface area contributed by atoms with Crippen molar-refractivity contribution >= 4 is 27.2 Å². The Bertz CT molecular complexity index is 702. The van der Waals surface area contributed by atoms with Gasteiger partial charge in [0.05, 0.1) is 11.3 Å². The van der Waals surface area contributed by atoms with Gasteiger partial charge in [0.25, 0.3) is 0 Å². The van der Waals surface area contributed by atoms with E-state index >= 15 is 0 Å². The quantitative estimate of drug-likeness (QED) is 0.823. The summed E-state index contributed by atoms with van der Waals surface area (Å²) in [4.78, 5) is 0. The van der Waals surface area contributed by atoms with Gasteiger partial charge in [-0.2, -0.15) is 23.6 Å². The van der Waals surface area contributed by atoms with E-state index < -0.39 is 11.7 Å². The molecule has 2 aromatic rings. The Hall–Kier alpha value is -2.41. The standard InChI is InChI=1S/C11H6BrF3N6/c12-8-3-7(11(13,14)15)1-2-9(8)17-5-6(4-16)10-18-20-21-19-10/h1-3,5,17H,(H,18,19,20,21). The normalized spacial score (nSPS) is 12.0. The van der Waals surface area contributed by atoms with Crippen LogP contribution in [0.4, 0.5) is 18.9 Å². The van der Waals surface area contributed by atoms with Crippen molar-refractivity contribution in [3.8, 4) is 6.07 Å². The molecule has 6 nitrogen and oxygen atoms in total. The zero-order chi connectivity index (χ0) is 15.5. The minimum absolute atomic E-state index is 0.0769. The van der Waals surface area contributed by atoms with Crippen LogP contribution in [0.1, 0.15) is 11.4 Å². The lowest BCUT2D eigenvalue weighted by Gasteiger charge is -2.10. The van der Waals surface area contributed by atoms with Gasteiger partial charge in [-0.25, -0.2) is 0 Å². The highest BCUT2D eigenvalue weighted by molar-refractivity contribution is 9.10. The summed E-state index contributed by atoms with van der Waals surface area (Å²) in [6.07, 6.45) is -3.14. The molecule has 0 saturated heterocycles. The Balaban J connectivity index is 2.23. The summed E-state index contributed by atoms with van der Waals surface area (Å²) in [6.45, 7) is 0. The number of tetrazole rings is 1. The van der Waals surface area contributed by atoms with Crippen LogP contribution in [0.2, 0.25) is 0 Å². The Labute approximate surface area is 124 Å². The first-order valence-electron chi connectivity index (χ1n) is 5.39. The summed E-state index contributed by atoms with van der Waals surface area (Å²) in [5.41, 5.74) is -0.336. The maximum Gasteiger partial charge on any atom is 0.416 e. The fraction of sp³-hybridized carbons (Fsp3) is 0.0909. The van der Waals surface area contributed by atoms with E-state index in [1.165, 1.54) is 12.3 Å². The molecule has 0 unspecified atom stereocenters. The molecule has 0 saturated carbocycles. The number of rotatable bonds is 3. The molecule has 0 aliphatic carbocycles. The molecule has 0 amide bonds. The highest BCUT2D eigenvalue weighted by atomic mass is 79.9. The molecular formula is C11H6BrF3N6. The maximum atomic E-state index is 12.5. The van der Waals surface area contributed by atoms with E-state index in [2.05, 4.69) is 41.9 Å². The van der Waals surface area contributed by atoms with Gasteiger partial charge in [0.1, 0.15) is 11.6 Å². The number of nitriles is 1. The van der Waals surface area contributed by atoms with Crippen molar-refractivity contribution in [3.05, 3.63) is 40.3 Å². The van der Waals surface area contributed by atoms with Gasteiger partial charge < -0.3 is 5.32 Å². The minimum atomic E-state index is -4.42. The highest BCUT2D eigenvalue weighted by Gasteiger charge is 2.30. The van der Waals surface area contributed by atoms with Crippen LogP contribution >= 0.6 is 15.9 Å². The van der Waals surface area contributed by atoms with Crippen LogP contribution in [0.5, 0.6) is 0 Å². The Morgan fingerprint density at radius 2 is 2.19 bits per heavy atom. The first kappa shape index (κ1) is 15.0. The van der Waals surface area contributed by atoms with Gasteiger partial charge in [-0.05, 0) is 39.3 Å². The fourth-order valence-corrected chi connectivity index (χ4v) is 1.87. The number of allylic oxidation sites excluding steroid dienone is 1. The number of alkyl halides is 3. The van der Waals surface area contributed by atoms with E-state index in [4.69, 9.17) is 5.26 Å². The number of aromatic amines is 1.